The number of nitrogens with one attached hydrogen (secondary N) is 1. The third kappa shape index (κ3) is 1.71. The van der Waals surface area contributed by atoms with E-state index in [1.54, 1.807) is 6.20 Å². The molecule has 1 N–H and O–H groups in total. The summed E-state index contributed by atoms with van der Waals surface area (Å²) in [6.07, 6.45) is 1.59. The zero-order chi connectivity index (χ0) is 6.53. The van der Waals surface area contributed by atoms with Crippen LogP contribution in [0.25, 0.3) is 0 Å². The van der Waals surface area contributed by atoms with Crippen LogP contribution in [0, 0.1) is 0 Å². The first-order valence-electron chi connectivity index (χ1n) is 2.32. The third-order valence-electron chi connectivity index (χ3n) is 0.771. The maximum absolute atomic E-state index is 4.35. The molecule has 0 aliphatic heterocycles. The number of rotatable bonds is 2. The Morgan fingerprint density at radius 3 is 3.33 bits per heavy atom. The van der Waals surface area contributed by atoms with Crippen molar-refractivity contribution >= 4 is 17.4 Å². The molecule has 1 rings (SSSR count). The van der Waals surface area contributed by atoms with E-state index >= 15 is 0 Å². The number of hydrogen-bond donors (Lipinski definition) is 1. The van der Waals surface area contributed by atoms with Crippen molar-refractivity contribution in [1.29, 1.82) is 0 Å². The summed E-state index contributed by atoms with van der Waals surface area (Å²) in [5, 5.41) is 12.0. The van der Waals surface area contributed by atoms with E-state index in [1.165, 1.54) is 0 Å². The van der Waals surface area contributed by atoms with Gasteiger partial charge in [0.2, 0.25) is 0 Å². The number of thiocarbonyl (C=S) groups is 1. The molecule has 0 amide bonds. The van der Waals surface area contributed by atoms with Crippen molar-refractivity contribution in [1.82, 2.24) is 15.4 Å². The lowest BCUT2D eigenvalue weighted by Crippen LogP contribution is -1.78. The molecule has 0 radical (unpaired) electrons. The van der Waals surface area contributed by atoms with E-state index in [0.29, 0.717) is 6.54 Å². The number of aliphatic imine (C=N–C) groups is 1. The van der Waals surface area contributed by atoms with Crippen molar-refractivity contribution in [2.75, 3.05) is 0 Å². The summed E-state index contributed by atoms with van der Waals surface area (Å²) in [6.45, 7) is 0.458. The largest absolute Gasteiger partial charge is 0.226 e. The summed E-state index contributed by atoms with van der Waals surface area (Å²) in [5.74, 6) is 0. The van der Waals surface area contributed by atoms with Gasteiger partial charge in [-0.3, -0.25) is 0 Å². The molecule has 0 saturated carbocycles. The second-order valence-electron chi connectivity index (χ2n) is 1.37. The molecule has 0 unspecified atom stereocenters. The molecule has 0 aromatic carbocycles. The van der Waals surface area contributed by atoms with Gasteiger partial charge in [0.1, 0.15) is 5.69 Å². The molecular weight excluding hydrogens is 136 g/mol. The summed E-state index contributed by atoms with van der Waals surface area (Å²) < 4.78 is 0. The second-order valence-corrected chi connectivity index (χ2v) is 1.55. The summed E-state index contributed by atoms with van der Waals surface area (Å²) >= 11 is 4.35. The van der Waals surface area contributed by atoms with Gasteiger partial charge in [0.05, 0.1) is 17.9 Å². The van der Waals surface area contributed by atoms with E-state index in [4.69, 9.17) is 0 Å². The molecule has 0 bridgehead atoms. The lowest BCUT2D eigenvalue weighted by Gasteiger charge is -1.77. The van der Waals surface area contributed by atoms with Crippen LogP contribution in [0.4, 0.5) is 0 Å². The minimum Gasteiger partial charge on any atom is -0.226 e. The second kappa shape index (κ2) is 3.06. The first kappa shape index (κ1) is 6.07. The third-order valence-corrected chi connectivity index (χ3v) is 0.900. The fourth-order valence-corrected chi connectivity index (χ4v) is 0.479. The van der Waals surface area contributed by atoms with Gasteiger partial charge in [-0.1, -0.05) is 0 Å². The Labute approximate surface area is 57.0 Å². The van der Waals surface area contributed by atoms with Crippen molar-refractivity contribution in [2.45, 2.75) is 6.54 Å². The fourth-order valence-electron chi connectivity index (χ4n) is 0.415. The molecule has 46 valence electrons. The van der Waals surface area contributed by atoms with Crippen molar-refractivity contribution < 1.29 is 0 Å². The van der Waals surface area contributed by atoms with Crippen LogP contribution < -0.4 is 0 Å². The molecule has 4 nitrogen and oxygen atoms in total. The van der Waals surface area contributed by atoms with Gasteiger partial charge >= 0.3 is 0 Å². The lowest BCUT2D eigenvalue weighted by molar-refractivity contribution is 0.900. The minimum absolute atomic E-state index is 0.458. The summed E-state index contributed by atoms with van der Waals surface area (Å²) in [7, 11) is 0. The van der Waals surface area contributed by atoms with Crippen LogP contribution >= 0.6 is 12.2 Å². The highest BCUT2D eigenvalue weighted by Gasteiger charge is 1.89. The minimum atomic E-state index is 0.458. The zero-order valence-electron chi connectivity index (χ0n) is 4.53. The van der Waals surface area contributed by atoms with Gasteiger partial charge < -0.3 is 0 Å². The van der Waals surface area contributed by atoms with Crippen LogP contribution in [0.3, 0.4) is 0 Å². The molecule has 1 aromatic rings. The number of aromatic amines is 1. The molecule has 0 atom stereocenters. The van der Waals surface area contributed by atoms with Gasteiger partial charge in [0.25, 0.3) is 0 Å². The number of hydrogen-bond acceptors (Lipinski definition) is 4. The molecule has 1 aromatic heterocycles. The zero-order valence-corrected chi connectivity index (χ0v) is 5.35. The van der Waals surface area contributed by atoms with Crippen molar-refractivity contribution in [3.63, 3.8) is 0 Å². The van der Waals surface area contributed by atoms with E-state index in [1.807, 2.05) is 0 Å². The van der Waals surface area contributed by atoms with Crippen LogP contribution in [0.1, 0.15) is 5.69 Å². The number of isothiocyanates is 1. The van der Waals surface area contributed by atoms with Crippen LogP contribution in [-0.2, 0) is 6.54 Å². The Kier molecular flexibility index (Phi) is 2.06. The van der Waals surface area contributed by atoms with Crippen LogP contribution in [0.15, 0.2) is 11.2 Å². The van der Waals surface area contributed by atoms with E-state index < -0.39 is 0 Å². The molecular formula is C4H4N4S. The average Bonchev–Trinajstić information content (AvgIpc) is 2.34. The molecule has 1 heterocycles. The SMILES string of the molecule is S=C=NCc1cn[nH]n1. The highest BCUT2D eigenvalue weighted by molar-refractivity contribution is 7.78. The van der Waals surface area contributed by atoms with E-state index in [-0.39, 0.29) is 0 Å². The normalized spacial score (nSPS) is 8.44. The molecule has 5 heteroatoms. The highest BCUT2D eigenvalue weighted by Crippen LogP contribution is 1.88. The summed E-state index contributed by atoms with van der Waals surface area (Å²) in [6, 6.07) is 0. The average molecular weight is 140 g/mol. The Balaban J connectivity index is 2.57. The number of H-pyrrole nitrogens is 1. The predicted octanol–water partition coefficient (Wildman–Crippen LogP) is 0.407. The van der Waals surface area contributed by atoms with Gasteiger partial charge in [-0.05, 0) is 12.2 Å². The molecule has 0 spiro atoms. The number of aromatic nitrogens is 3. The Morgan fingerprint density at radius 2 is 2.78 bits per heavy atom. The van der Waals surface area contributed by atoms with Gasteiger partial charge in [0.15, 0.2) is 0 Å². The maximum Gasteiger partial charge on any atom is 0.105 e. The smallest absolute Gasteiger partial charge is 0.105 e. The monoisotopic (exact) mass is 140 g/mol. The Hall–Kier alpha value is -1.06. The number of nitrogens with zero attached hydrogens (tertiary/aromatic N) is 3. The van der Waals surface area contributed by atoms with Gasteiger partial charge in [-0.15, -0.1) is 0 Å². The van der Waals surface area contributed by atoms with Gasteiger partial charge in [-0.25, -0.2) is 4.99 Å². The van der Waals surface area contributed by atoms with Gasteiger partial charge in [-0.2, -0.15) is 15.4 Å². The fraction of sp³-hybridized carbons (Fsp3) is 0.250. The Bertz CT molecular complexity index is 210. The first-order valence-corrected chi connectivity index (χ1v) is 2.72. The molecule has 9 heavy (non-hydrogen) atoms. The Morgan fingerprint density at radius 1 is 1.89 bits per heavy atom. The summed E-state index contributed by atoms with van der Waals surface area (Å²) in [4.78, 5) is 3.66. The molecule has 0 saturated heterocycles. The summed E-state index contributed by atoms with van der Waals surface area (Å²) in [5.41, 5.74) is 0.771. The van der Waals surface area contributed by atoms with Crippen LogP contribution in [-0.4, -0.2) is 20.6 Å². The maximum atomic E-state index is 4.35. The molecule has 0 fully saturated rings. The van der Waals surface area contributed by atoms with Crippen LogP contribution in [0.2, 0.25) is 0 Å². The molecule has 0 aliphatic carbocycles. The van der Waals surface area contributed by atoms with Crippen molar-refractivity contribution in [2.24, 2.45) is 4.99 Å². The van der Waals surface area contributed by atoms with E-state index in [9.17, 15) is 0 Å². The van der Waals surface area contributed by atoms with Crippen molar-refractivity contribution in [3.8, 4) is 0 Å². The lowest BCUT2D eigenvalue weighted by atomic mass is 10.5. The van der Waals surface area contributed by atoms with Gasteiger partial charge in [0, 0.05) is 0 Å². The van der Waals surface area contributed by atoms with Crippen LogP contribution in [0.5, 0.6) is 0 Å². The topological polar surface area (TPSA) is 53.9 Å². The van der Waals surface area contributed by atoms with E-state index in [2.05, 4.69) is 37.8 Å². The standard InChI is InChI=1S/C4H4N4S/c9-3-5-1-4-2-6-8-7-4/h2H,1H2,(H,6,7,8). The predicted molar refractivity (Wildman–Crippen MR) is 35.1 cm³/mol. The van der Waals surface area contributed by atoms with Crippen molar-refractivity contribution in [3.05, 3.63) is 11.9 Å². The van der Waals surface area contributed by atoms with E-state index in [0.717, 1.165) is 5.69 Å². The highest BCUT2D eigenvalue weighted by atomic mass is 32.1. The first-order chi connectivity index (χ1) is 4.43. The quantitative estimate of drug-likeness (QED) is 0.478. The molecule has 0 aliphatic rings.